The highest BCUT2D eigenvalue weighted by Crippen LogP contribution is 2.31. The number of nitrogens with one attached hydrogen (secondary N) is 1. The molecular formula is C22H28BrNO2. The number of hydrogen-bond donors (Lipinski definition) is 1. The lowest BCUT2D eigenvalue weighted by molar-refractivity contribution is -0.123. The maximum absolute atomic E-state index is 12.1. The van der Waals surface area contributed by atoms with Gasteiger partial charge in [-0.2, -0.15) is 0 Å². The van der Waals surface area contributed by atoms with Crippen molar-refractivity contribution in [2.45, 2.75) is 52.0 Å². The van der Waals surface area contributed by atoms with Gasteiger partial charge in [0, 0.05) is 6.04 Å². The van der Waals surface area contributed by atoms with E-state index in [0.29, 0.717) is 5.75 Å². The second-order valence-electron chi connectivity index (χ2n) is 7.68. The zero-order chi connectivity index (χ0) is 19.2. The summed E-state index contributed by atoms with van der Waals surface area (Å²) in [6.07, 6.45) is 1.85. The number of amides is 1. The third kappa shape index (κ3) is 6.49. The van der Waals surface area contributed by atoms with E-state index in [1.807, 2.05) is 37.3 Å². The number of benzene rings is 2. The largest absolute Gasteiger partial charge is 0.483 e. The van der Waals surface area contributed by atoms with Crippen LogP contribution in [0.25, 0.3) is 0 Å². The van der Waals surface area contributed by atoms with Crippen LogP contribution in [0.3, 0.4) is 0 Å². The highest BCUT2D eigenvalue weighted by Gasteiger charge is 2.16. The van der Waals surface area contributed by atoms with Gasteiger partial charge in [0.15, 0.2) is 6.61 Å². The SMILES string of the molecule is C[C@@H](CCc1ccccc1)NC(=O)COc1ccc(C(C)(C)C)cc1Br. The van der Waals surface area contributed by atoms with Crippen LogP contribution < -0.4 is 10.1 Å². The van der Waals surface area contributed by atoms with Crippen molar-refractivity contribution in [2.75, 3.05) is 6.61 Å². The van der Waals surface area contributed by atoms with Crippen molar-refractivity contribution in [2.24, 2.45) is 0 Å². The summed E-state index contributed by atoms with van der Waals surface area (Å²) < 4.78 is 6.54. The molecule has 2 rings (SSSR count). The number of carbonyl (C=O) groups is 1. The smallest absolute Gasteiger partial charge is 0.258 e. The van der Waals surface area contributed by atoms with Crippen molar-refractivity contribution >= 4 is 21.8 Å². The molecular weight excluding hydrogens is 390 g/mol. The normalized spacial score (nSPS) is 12.5. The molecule has 3 nitrogen and oxygen atoms in total. The van der Waals surface area contributed by atoms with E-state index in [4.69, 9.17) is 4.74 Å². The molecule has 4 heteroatoms. The fraction of sp³-hybridized carbons (Fsp3) is 0.409. The van der Waals surface area contributed by atoms with Crippen LogP contribution in [0.1, 0.15) is 45.2 Å². The van der Waals surface area contributed by atoms with E-state index < -0.39 is 0 Å². The predicted octanol–water partition coefficient (Wildman–Crippen LogP) is 5.26. The van der Waals surface area contributed by atoms with Gasteiger partial charge >= 0.3 is 0 Å². The number of ether oxygens (including phenoxy) is 1. The number of aryl methyl sites for hydroxylation is 1. The van der Waals surface area contributed by atoms with Crippen LogP contribution in [-0.2, 0) is 16.6 Å². The zero-order valence-corrected chi connectivity index (χ0v) is 17.6. The standard InChI is InChI=1S/C22H28BrNO2/c1-16(10-11-17-8-6-5-7-9-17)24-21(25)15-26-20-13-12-18(14-19(20)23)22(2,3)4/h5-9,12-14,16H,10-11,15H2,1-4H3,(H,24,25)/t16-/m0/s1. The summed E-state index contributed by atoms with van der Waals surface area (Å²) in [7, 11) is 0. The molecule has 0 bridgehead atoms. The molecule has 26 heavy (non-hydrogen) atoms. The zero-order valence-electron chi connectivity index (χ0n) is 16.0. The highest BCUT2D eigenvalue weighted by atomic mass is 79.9. The van der Waals surface area contributed by atoms with Crippen molar-refractivity contribution in [3.8, 4) is 5.75 Å². The van der Waals surface area contributed by atoms with E-state index in [9.17, 15) is 4.79 Å². The molecule has 1 amide bonds. The first-order chi connectivity index (χ1) is 12.3. The van der Waals surface area contributed by atoms with Crippen molar-refractivity contribution in [3.05, 3.63) is 64.1 Å². The van der Waals surface area contributed by atoms with E-state index in [-0.39, 0.29) is 24.0 Å². The third-order valence-corrected chi connectivity index (χ3v) is 4.89. The molecule has 2 aromatic rings. The van der Waals surface area contributed by atoms with Crippen LogP contribution in [-0.4, -0.2) is 18.6 Å². The fourth-order valence-electron chi connectivity index (χ4n) is 2.64. The van der Waals surface area contributed by atoms with Gasteiger partial charge in [0.05, 0.1) is 4.47 Å². The Morgan fingerprint density at radius 3 is 2.46 bits per heavy atom. The monoisotopic (exact) mass is 417 g/mol. The maximum Gasteiger partial charge on any atom is 0.258 e. The van der Waals surface area contributed by atoms with Gasteiger partial charge in [-0.05, 0) is 64.4 Å². The summed E-state index contributed by atoms with van der Waals surface area (Å²) in [6, 6.07) is 16.4. The van der Waals surface area contributed by atoms with E-state index >= 15 is 0 Å². The highest BCUT2D eigenvalue weighted by molar-refractivity contribution is 9.10. The quantitative estimate of drug-likeness (QED) is 0.666. The van der Waals surface area contributed by atoms with Crippen LogP contribution in [0.15, 0.2) is 53.0 Å². The van der Waals surface area contributed by atoms with Gasteiger partial charge in [0.1, 0.15) is 5.75 Å². The van der Waals surface area contributed by atoms with Crippen LogP contribution >= 0.6 is 15.9 Å². The minimum atomic E-state index is -0.0997. The van der Waals surface area contributed by atoms with Crippen molar-refractivity contribution in [1.82, 2.24) is 5.32 Å². The van der Waals surface area contributed by atoms with Gasteiger partial charge in [0.2, 0.25) is 0 Å². The Balaban J connectivity index is 1.79. The van der Waals surface area contributed by atoms with Gasteiger partial charge < -0.3 is 10.1 Å². The Hall–Kier alpha value is -1.81. The Morgan fingerprint density at radius 2 is 1.85 bits per heavy atom. The molecule has 0 fully saturated rings. The lowest BCUT2D eigenvalue weighted by Crippen LogP contribution is -2.36. The first-order valence-corrected chi connectivity index (χ1v) is 9.81. The number of halogens is 1. The molecule has 0 spiro atoms. The molecule has 0 aliphatic carbocycles. The minimum absolute atomic E-state index is 0.0170. The summed E-state index contributed by atoms with van der Waals surface area (Å²) in [5, 5.41) is 3.00. The van der Waals surface area contributed by atoms with Crippen LogP contribution in [0.4, 0.5) is 0 Å². The lowest BCUT2D eigenvalue weighted by Gasteiger charge is -2.20. The van der Waals surface area contributed by atoms with Crippen LogP contribution in [0.5, 0.6) is 5.75 Å². The van der Waals surface area contributed by atoms with Gasteiger partial charge in [-0.1, -0.05) is 57.2 Å². The van der Waals surface area contributed by atoms with E-state index in [1.54, 1.807) is 0 Å². The molecule has 0 saturated heterocycles. The average molecular weight is 418 g/mol. The van der Waals surface area contributed by atoms with E-state index in [2.05, 4.69) is 60.2 Å². The lowest BCUT2D eigenvalue weighted by atomic mass is 9.87. The first kappa shape index (κ1) is 20.5. The average Bonchev–Trinajstić information content (AvgIpc) is 2.59. The molecule has 0 aliphatic rings. The molecule has 1 atom stereocenters. The maximum atomic E-state index is 12.1. The van der Waals surface area contributed by atoms with Crippen molar-refractivity contribution in [3.63, 3.8) is 0 Å². The van der Waals surface area contributed by atoms with Gasteiger partial charge in [-0.3, -0.25) is 4.79 Å². The van der Waals surface area contributed by atoms with E-state index in [1.165, 1.54) is 11.1 Å². The van der Waals surface area contributed by atoms with Crippen molar-refractivity contribution in [1.29, 1.82) is 0 Å². The molecule has 140 valence electrons. The Bertz CT molecular complexity index is 723. The summed E-state index contributed by atoms with van der Waals surface area (Å²) >= 11 is 3.53. The Kier molecular flexibility index (Phi) is 7.27. The van der Waals surface area contributed by atoms with Gasteiger partial charge in [-0.25, -0.2) is 0 Å². The second-order valence-corrected chi connectivity index (χ2v) is 8.53. The van der Waals surface area contributed by atoms with Crippen LogP contribution in [0.2, 0.25) is 0 Å². The summed E-state index contributed by atoms with van der Waals surface area (Å²) in [4.78, 5) is 12.1. The predicted molar refractivity (Wildman–Crippen MR) is 111 cm³/mol. The Labute approximate surface area is 165 Å². The number of rotatable bonds is 7. The summed E-state index contributed by atoms with van der Waals surface area (Å²) in [6.45, 7) is 8.54. The first-order valence-electron chi connectivity index (χ1n) is 9.02. The molecule has 0 heterocycles. The molecule has 0 radical (unpaired) electrons. The van der Waals surface area contributed by atoms with Crippen molar-refractivity contribution < 1.29 is 9.53 Å². The summed E-state index contributed by atoms with van der Waals surface area (Å²) in [5.74, 6) is 0.586. The topological polar surface area (TPSA) is 38.3 Å². The van der Waals surface area contributed by atoms with Crippen LogP contribution in [0, 0.1) is 0 Å². The minimum Gasteiger partial charge on any atom is -0.483 e. The fourth-order valence-corrected chi connectivity index (χ4v) is 3.14. The number of carbonyl (C=O) groups excluding carboxylic acids is 1. The summed E-state index contributed by atoms with van der Waals surface area (Å²) in [5.41, 5.74) is 2.58. The molecule has 0 aliphatic heterocycles. The third-order valence-electron chi connectivity index (χ3n) is 4.27. The molecule has 0 saturated carbocycles. The Morgan fingerprint density at radius 1 is 1.15 bits per heavy atom. The number of hydrogen-bond acceptors (Lipinski definition) is 2. The molecule has 2 aromatic carbocycles. The van der Waals surface area contributed by atoms with E-state index in [0.717, 1.165) is 17.3 Å². The molecule has 1 N–H and O–H groups in total. The second kappa shape index (κ2) is 9.22. The van der Waals surface area contributed by atoms with Gasteiger partial charge in [0.25, 0.3) is 5.91 Å². The molecule has 0 aromatic heterocycles. The van der Waals surface area contributed by atoms with Gasteiger partial charge in [-0.15, -0.1) is 0 Å². The molecule has 0 unspecified atom stereocenters.